The van der Waals surface area contributed by atoms with Gasteiger partial charge in [0.05, 0.1) is 11.0 Å². The average Bonchev–Trinajstić information content (AvgIpc) is 2.46. The maximum atomic E-state index is 10.9. The van der Waals surface area contributed by atoms with Gasteiger partial charge in [-0.15, -0.1) is 0 Å². The first-order chi connectivity index (χ1) is 9.63. The Morgan fingerprint density at radius 1 is 1.35 bits per heavy atom. The minimum Gasteiger partial charge on any atom is -0.465 e. The van der Waals surface area contributed by atoms with E-state index in [1.807, 2.05) is 18.2 Å². The smallest absolute Gasteiger partial charge is 0.407 e. The van der Waals surface area contributed by atoms with Crippen molar-refractivity contribution in [2.75, 3.05) is 13.1 Å². The normalized spacial score (nSPS) is 15.2. The molecule has 3 rings (SSSR count). The fraction of sp³-hybridized carbons (Fsp3) is 0.214. The number of hydrogen-bond donors (Lipinski definition) is 1. The van der Waals surface area contributed by atoms with Crippen LogP contribution in [0.25, 0.3) is 16.6 Å². The van der Waals surface area contributed by atoms with Crippen molar-refractivity contribution in [3.05, 3.63) is 41.2 Å². The summed E-state index contributed by atoms with van der Waals surface area (Å²) in [7, 11) is 0. The van der Waals surface area contributed by atoms with Gasteiger partial charge in [0.2, 0.25) is 0 Å². The van der Waals surface area contributed by atoms with E-state index in [-0.39, 0.29) is 0 Å². The van der Waals surface area contributed by atoms with Crippen LogP contribution in [0.4, 0.5) is 4.79 Å². The molecule has 5 nitrogen and oxygen atoms in total. The first-order valence-electron chi connectivity index (χ1n) is 6.23. The Labute approximate surface area is 120 Å². The molecule has 2 aromatic heterocycles. The summed E-state index contributed by atoms with van der Waals surface area (Å²) in [5.41, 5.74) is 3.61. The van der Waals surface area contributed by atoms with Crippen LogP contribution >= 0.6 is 11.6 Å². The Bertz CT molecular complexity index is 715. The van der Waals surface area contributed by atoms with Crippen LogP contribution in [-0.4, -0.2) is 39.2 Å². The largest absolute Gasteiger partial charge is 0.465 e. The van der Waals surface area contributed by atoms with E-state index in [9.17, 15) is 4.79 Å². The first-order valence-corrected chi connectivity index (χ1v) is 6.61. The van der Waals surface area contributed by atoms with Crippen molar-refractivity contribution in [2.45, 2.75) is 6.42 Å². The molecule has 1 aliphatic heterocycles. The molecule has 1 aliphatic rings. The predicted molar refractivity (Wildman–Crippen MR) is 76.7 cm³/mol. The molecule has 0 spiro atoms. The van der Waals surface area contributed by atoms with E-state index in [4.69, 9.17) is 16.7 Å². The second-order valence-corrected chi connectivity index (χ2v) is 4.99. The molecule has 0 saturated carbocycles. The molecule has 6 heteroatoms. The van der Waals surface area contributed by atoms with Crippen LogP contribution in [0.2, 0.25) is 5.15 Å². The Hall–Kier alpha value is -2.14. The Kier molecular flexibility index (Phi) is 3.28. The van der Waals surface area contributed by atoms with Crippen LogP contribution in [0, 0.1) is 0 Å². The number of hydrogen-bond acceptors (Lipinski definition) is 3. The van der Waals surface area contributed by atoms with Gasteiger partial charge in [0.15, 0.2) is 0 Å². The summed E-state index contributed by atoms with van der Waals surface area (Å²) in [5.74, 6) is 0. The van der Waals surface area contributed by atoms with Crippen molar-refractivity contribution in [3.63, 3.8) is 0 Å². The Morgan fingerprint density at radius 3 is 2.90 bits per heavy atom. The zero-order valence-electron chi connectivity index (χ0n) is 10.6. The van der Waals surface area contributed by atoms with Crippen molar-refractivity contribution >= 4 is 34.3 Å². The zero-order valence-corrected chi connectivity index (χ0v) is 11.3. The third-order valence-corrected chi connectivity index (χ3v) is 3.56. The Morgan fingerprint density at radius 2 is 2.20 bits per heavy atom. The standard InChI is InChI=1S/C14H12ClN3O2/c15-13-2-1-11-12(17-13)7-10(8-16-11)9-3-5-18(6-4-9)14(19)20/h1-3,7-8H,4-6H2,(H,19,20). The van der Waals surface area contributed by atoms with E-state index in [1.54, 1.807) is 12.3 Å². The Balaban J connectivity index is 1.93. The lowest BCUT2D eigenvalue weighted by Gasteiger charge is -2.23. The molecule has 1 N–H and O–H groups in total. The van der Waals surface area contributed by atoms with Crippen LogP contribution in [0.15, 0.2) is 30.5 Å². The van der Waals surface area contributed by atoms with Gasteiger partial charge in [-0.05, 0) is 35.8 Å². The highest BCUT2D eigenvalue weighted by Crippen LogP contribution is 2.24. The van der Waals surface area contributed by atoms with Crippen molar-refractivity contribution in [1.29, 1.82) is 0 Å². The highest BCUT2D eigenvalue weighted by molar-refractivity contribution is 6.29. The summed E-state index contributed by atoms with van der Waals surface area (Å²) in [6.07, 6.45) is 3.51. The second kappa shape index (κ2) is 5.09. The minimum absolute atomic E-state index is 0.408. The predicted octanol–water partition coefficient (Wildman–Crippen LogP) is 3.05. The lowest BCUT2D eigenvalue weighted by molar-refractivity contribution is 0.150. The molecule has 1 amide bonds. The fourth-order valence-electron chi connectivity index (χ4n) is 2.26. The average molecular weight is 290 g/mol. The molecule has 0 atom stereocenters. The summed E-state index contributed by atoms with van der Waals surface area (Å²) < 4.78 is 0. The van der Waals surface area contributed by atoms with Gasteiger partial charge in [-0.2, -0.15) is 0 Å². The molecule has 0 saturated heterocycles. The van der Waals surface area contributed by atoms with E-state index in [2.05, 4.69) is 9.97 Å². The van der Waals surface area contributed by atoms with E-state index in [1.165, 1.54) is 4.90 Å². The lowest BCUT2D eigenvalue weighted by Crippen LogP contribution is -2.33. The van der Waals surface area contributed by atoms with Crippen LogP contribution in [0.3, 0.4) is 0 Å². The highest BCUT2D eigenvalue weighted by Gasteiger charge is 2.17. The van der Waals surface area contributed by atoms with Crippen molar-refractivity contribution in [2.24, 2.45) is 0 Å². The van der Waals surface area contributed by atoms with Crippen LogP contribution in [-0.2, 0) is 0 Å². The number of aromatic nitrogens is 2. The number of halogens is 1. The van der Waals surface area contributed by atoms with Crippen molar-refractivity contribution in [3.8, 4) is 0 Å². The second-order valence-electron chi connectivity index (χ2n) is 4.60. The molecule has 0 radical (unpaired) electrons. The summed E-state index contributed by atoms with van der Waals surface area (Å²) in [5, 5.41) is 9.36. The summed E-state index contributed by atoms with van der Waals surface area (Å²) >= 11 is 5.89. The maximum Gasteiger partial charge on any atom is 0.407 e. The van der Waals surface area contributed by atoms with Gasteiger partial charge in [0.1, 0.15) is 5.15 Å². The number of carboxylic acid groups (broad SMARTS) is 1. The molecule has 3 heterocycles. The van der Waals surface area contributed by atoms with E-state index in [0.29, 0.717) is 24.7 Å². The van der Waals surface area contributed by atoms with Crippen LogP contribution in [0.5, 0.6) is 0 Å². The van der Waals surface area contributed by atoms with Gasteiger partial charge < -0.3 is 10.0 Å². The molecule has 2 aromatic rings. The van der Waals surface area contributed by atoms with Crippen LogP contribution < -0.4 is 0 Å². The number of fused-ring (bicyclic) bond motifs is 1. The molecule has 20 heavy (non-hydrogen) atoms. The molecule has 0 aromatic carbocycles. The molecule has 102 valence electrons. The number of nitrogens with zero attached hydrogens (tertiary/aromatic N) is 3. The molecular formula is C14H12ClN3O2. The molecule has 0 unspecified atom stereocenters. The molecule has 0 fully saturated rings. The van der Waals surface area contributed by atoms with Crippen LogP contribution in [0.1, 0.15) is 12.0 Å². The van der Waals surface area contributed by atoms with Crippen molar-refractivity contribution < 1.29 is 9.90 Å². The minimum atomic E-state index is -0.884. The third kappa shape index (κ3) is 2.44. The van der Waals surface area contributed by atoms with Gasteiger partial charge in [0.25, 0.3) is 0 Å². The topological polar surface area (TPSA) is 66.3 Å². The van der Waals surface area contributed by atoms with E-state index < -0.39 is 6.09 Å². The van der Waals surface area contributed by atoms with E-state index in [0.717, 1.165) is 22.2 Å². The van der Waals surface area contributed by atoms with Crippen molar-refractivity contribution in [1.82, 2.24) is 14.9 Å². The number of pyridine rings is 2. The first kappa shape index (κ1) is 12.9. The quantitative estimate of drug-likeness (QED) is 0.819. The third-order valence-electron chi connectivity index (χ3n) is 3.35. The fourth-order valence-corrected chi connectivity index (χ4v) is 2.42. The lowest BCUT2D eigenvalue weighted by atomic mass is 10.0. The number of carbonyl (C=O) groups is 1. The monoisotopic (exact) mass is 289 g/mol. The summed E-state index contributed by atoms with van der Waals surface area (Å²) in [6, 6.07) is 5.48. The summed E-state index contributed by atoms with van der Waals surface area (Å²) in [4.78, 5) is 20.9. The summed E-state index contributed by atoms with van der Waals surface area (Å²) in [6.45, 7) is 0.911. The van der Waals surface area contributed by atoms with Gasteiger partial charge in [-0.1, -0.05) is 17.7 Å². The van der Waals surface area contributed by atoms with Gasteiger partial charge in [0, 0.05) is 19.3 Å². The van der Waals surface area contributed by atoms with Gasteiger partial charge >= 0.3 is 6.09 Å². The molecule has 0 bridgehead atoms. The maximum absolute atomic E-state index is 10.9. The van der Waals surface area contributed by atoms with E-state index >= 15 is 0 Å². The highest BCUT2D eigenvalue weighted by atomic mass is 35.5. The van der Waals surface area contributed by atoms with Gasteiger partial charge in [-0.25, -0.2) is 9.78 Å². The SMILES string of the molecule is O=C(O)N1CC=C(c2cnc3ccc(Cl)nc3c2)CC1. The molecule has 0 aliphatic carbocycles. The number of rotatable bonds is 1. The number of amides is 1. The van der Waals surface area contributed by atoms with Gasteiger partial charge in [-0.3, -0.25) is 4.98 Å². The molecular weight excluding hydrogens is 278 g/mol. The zero-order chi connectivity index (χ0) is 14.1.